The fourth-order valence-electron chi connectivity index (χ4n) is 1.21. The number of rotatable bonds is 2. The van der Waals surface area contributed by atoms with Crippen molar-refractivity contribution in [3.63, 3.8) is 0 Å². The molecule has 1 aromatic rings. The minimum absolute atomic E-state index is 0.332. The molecule has 1 aliphatic carbocycles. The van der Waals surface area contributed by atoms with Gasteiger partial charge in [-0.1, -0.05) is 11.3 Å². The van der Waals surface area contributed by atoms with E-state index in [0.717, 1.165) is 24.2 Å². The van der Waals surface area contributed by atoms with Gasteiger partial charge in [-0.3, -0.25) is 0 Å². The van der Waals surface area contributed by atoms with Crippen molar-refractivity contribution < 1.29 is 8.42 Å². The maximum absolute atomic E-state index is 11.3. The van der Waals surface area contributed by atoms with Gasteiger partial charge in [0.05, 0.1) is 5.69 Å². The summed E-state index contributed by atoms with van der Waals surface area (Å²) in [4.78, 5) is 4.06. The van der Waals surface area contributed by atoms with Crippen molar-refractivity contribution in [3.8, 4) is 0 Å². The summed E-state index contributed by atoms with van der Waals surface area (Å²) in [6.07, 6.45) is 3.27. The molecule has 1 heterocycles. The largest absolute Gasteiger partial charge is 0.375 e. The van der Waals surface area contributed by atoms with Crippen LogP contribution in [0.3, 0.4) is 0 Å². The number of nitrogens with zero attached hydrogens (tertiary/aromatic N) is 1. The van der Waals surface area contributed by atoms with E-state index in [-0.39, 0.29) is 0 Å². The summed E-state index contributed by atoms with van der Waals surface area (Å²) in [5.74, 6) is 0.332. The Labute approximate surface area is 80.7 Å². The second-order valence-corrected chi connectivity index (χ2v) is 6.51. The van der Waals surface area contributed by atoms with Crippen molar-refractivity contribution in [1.29, 1.82) is 0 Å². The third-order valence-corrected chi connectivity index (χ3v) is 4.67. The van der Waals surface area contributed by atoms with Crippen LogP contribution < -0.4 is 5.73 Å². The van der Waals surface area contributed by atoms with E-state index < -0.39 is 9.84 Å². The van der Waals surface area contributed by atoms with Crippen LogP contribution in [0, 0.1) is 0 Å². The van der Waals surface area contributed by atoms with Crippen LogP contribution in [-0.4, -0.2) is 19.7 Å². The molecule has 4 nitrogen and oxygen atoms in total. The zero-order valence-electron chi connectivity index (χ0n) is 7.15. The van der Waals surface area contributed by atoms with Crippen LogP contribution in [0.25, 0.3) is 0 Å². The predicted octanol–water partition coefficient (Wildman–Crippen LogP) is 1.01. The molecule has 0 aliphatic heterocycles. The van der Waals surface area contributed by atoms with E-state index in [4.69, 9.17) is 5.73 Å². The standard InChI is InChI=1S/C7H10N2O2S2/c1-13(10,11)6-5(4-2-3-4)9-7(8)12-6/h4H,2-3H2,1H3,(H2,8,9). The van der Waals surface area contributed by atoms with E-state index in [1.54, 1.807) is 0 Å². The number of anilines is 1. The molecular weight excluding hydrogens is 208 g/mol. The minimum Gasteiger partial charge on any atom is -0.375 e. The molecule has 0 unspecified atom stereocenters. The lowest BCUT2D eigenvalue weighted by Gasteiger charge is -1.95. The average Bonchev–Trinajstić information content (AvgIpc) is 2.73. The lowest BCUT2D eigenvalue weighted by atomic mass is 10.3. The van der Waals surface area contributed by atoms with Crippen LogP contribution >= 0.6 is 11.3 Å². The van der Waals surface area contributed by atoms with Gasteiger partial charge in [0.1, 0.15) is 4.21 Å². The summed E-state index contributed by atoms with van der Waals surface area (Å²) in [5.41, 5.74) is 6.17. The zero-order valence-corrected chi connectivity index (χ0v) is 8.78. The summed E-state index contributed by atoms with van der Waals surface area (Å²) < 4.78 is 23.0. The monoisotopic (exact) mass is 218 g/mol. The minimum atomic E-state index is -3.14. The number of hydrogen-bond acceptors (Lipinski definition) is 5. The lowest BCUT2D eigenvalue weighted by Crippen LogP contribution is -1.97. The van der Waals surface area contributed by atoms with Gasteiger partial charge in [0.25, 0.3) is 0 Å². The van der Waals surface area contributed by atoms with Crippen LogP contribution in [0.15, 0.2) is 4.21 Å². The normalized spacial score (nSPS) is 17.6. The molecular formula is C7H10N2O2S2. The first-order valence-corrected chi connectivity index (χ1v) is 6.65. The van der Waals surface area contributed by atoms with Gasteiger partial charge >= 0.3 is 0 Å². The summed E-state index contributed by atoms with van der Waals surface area (Å²) in [7, 11) is -3.14. The van der Waals surface area contributed by atoms with Gasteiger partial charge in [-0.25, -0.2) is 13.4 Å². The molecule has 2 N–H and O–H groups in total. The van der Waals surface area contributed by atoms with Gasteiger partial charge in [-0.2, -0.15) is 0 Å². The molecule has 0 radical (unpaired) electrons. The number of thiazole rings is 1. The van der Waals surface area contributed by atoms with Gasteiger partial charge in [-0.15, -0.1) is 0 Å². The second-order valence-electron chi connectivity index (χ2n) is 3.27. The molecule has 0 amide bonds. The molecule has 13 heavy (non-hydrogen) atoms. The molecule has 0 atom stereocenters. The quantitative estimate of drug-likeness (QED) is 0.804. The SMILES string of the molecule is CS(=O)(=O)c1sc(N)nc1C1CC1. The van der Waals surface area contributed by atoms with E-state index in [0.29, 0.717) is 21.0 Å². The summed E-state index contributed by atoms with van der Waals surface area (Å²) >= 11 is 1.07. The highest BCUT2D eigenvalue weighted by Crippen LogP contribution is 2.44. The Morgan fingerprint density at radius 3 is 2.62 bits per heavy atom. The van der Waals surface area contributed by atoms with Gasteiger partial charge < -0.3 is 5.73 Å². The van der Waals surface area contributed by atoms with E-state index in [1.165, 1.54) is 6.26 Å². The first-order chi connectivity index (χ1) is 5.98. The number of nitrogen functional groups attached to an aromatic ring is 1. The van der Waals surface area contributed by atoms with E-state index in [9.17, 15) is 8.42 Å². The summed E-state index contributed by atoms with van der Waals surface area (Å²) in [5, 5.41) is 0.349. The van der Waals surface area contributed by atoms with E-state index in [2.05, 4.69) is 4.98 Å². The maximum atomic E-state index is 11.3. The van der Waals surface area contributed by atoms with E-state index in [1.807, 2.05) is 0 Å². The van der Waals surface area contributed by atoms with Crippen molar-refractivity contribution in [3.05, 3.63) is 5.69 Å². The Hall–Kier alpha value is -0.620. The number of hydrogen-bond donors (Lipinski definition) is 1. The Balaban J connectivity index is 2.55. The Kier molecular flexibility index (Phi) is 1.85. The van der Waals surface area contributed by atoms with E-state index >= 15 is 0 Å². The topological polar surface area (TPSA) is 73.0 Å². The Morgan fingerprint density at radius 2 is 2.15 bits per heavy atom. The molecule has 1 saturated carbocycles. The first kappa shape index (κ1) is 8.96. The van der Waals surface area contributed by atoms with Gasteiger partial charge in [0, 0.05) is 12.2 Å². The zero-order chi connectivity index (χ0) is 9.64. The lowest BCUT2D eigenvalue weighted by molar-refractivity contribution is 0.602. The fraction of sp³-hybridized carbons (Fsp3) is 0.571. The highest BCUT2D eigenvalue weighted by Gasteiger charge is 2.32. The van der Waals surface area contributed by atoms with Crippen molar-refractivity contribution in [2.45, 2.75) is 23.0 Å². The van der Waals surface area contributed by atoms with Crippen LogP contribution in [0.2, 0.25) is 0 Å². The highest BCUT2D eigenvalue weighted by molar-refractivity contribution is 7.92. The van der Waals surface area contributed by atoms with Crippen LogP contribution in [-0.2, 0) is 9.84 Å². The Bertz CT molecular complexity index is 431. The van der Waals surface area contributed by atoms with Gasteiger partial charge in [0.2, 0.25) is 0 Å². The second kappa shape index (κ2) is 2.68. The average molecular weight is 218 g/mol. The molecule has 72 valence electrons. The van der Waals surface area contributed by atoms with Crippen molar-refractivity contribution >= 4 is 26.3 Å². The molecule has 2 rings (SSSR count). The highest BCUT2D eigenvalue weighted by atomic mass is 32.2. The van der Waals surface area contributed by atoms with Gasteiger partial charge in [0.15, 0.2) is 15.0 Å². The molecule has 1 fully saturated rings. The molecule has 0 spiro atoms. The first-order valence-electron chi connectivity index (χ1n) is 3.95. The molecule has 6 heteroatoms. The number of nitrogens with two attached hydrogens (primary N) is 1. The predicted molar refractivity (Wildman–Crippen MR) is 51.6 cm³/mol. The van der Waals surface area contributed by atoms with Crippen LogP contribution in [0.1, 0.15) is 24.5 Å². The molecule has 1 aromatic heterocycles. The van der Waals surface area contributed by atoms with Gasteiger partial charge in [-0.05, 0) is 12.8 Å². The Morgan fingerprint density at radius 1 is 1.54 bits per heavy atom. The maximum Gasteiger partial charge on any atom is 0.186 e. The van der Waals surface area contributed by atoms with Crippen molar-refractivity contribution in [1.82, 2.24) is 4.98 Å². The smallest absolute Gasteiger partial charge is 0.186 e. The van der Waals surface area contributed by atoms with Crippen LogP contribution in [0.5, 0.6) is 0 Å². The summed E-state index contributed by atoms with van der Waals surface area (Å²) in [6, 6.07) is 0. The molecule has 0 aromatic carbocycles. The third kappa shape index (κ3) is 1.68. The number of aromatic nitrogens is 1. The van der Waals surface area contributed by atoms with Crippen LogP contribution in [0.4, 0.5) is 5.13 Å². The molecule has 1 aliphatic rings. The molecule has 0 saturated heterocycles. The van der Waals surface area contributed by atoms with Crippen molar-refractivity contribution in [2.75, 3.05) is 12.0 Å². The fourth-order valence-corrected chi connectivity index (χ4v) is 3.32. The van der Waals surface area contributed by atoms with Crippen molar-refractivity contribution in [2.24, 2.45) is 0 Å². The summed E-state index contributed by atoms with van der Waals surface area (Å²) in [6.45, 7) is 0. The number of sulfone groups is 1. The third-order valence-electron chi connectivity index (χ3n) is 1.94. The molecule has 0 bridgehead atoms.